The third kappa shape index (κ3) is 2.44. The van der Waals surface area contributed by atoms with Gasteiger partial charge in [-0.15, -0.1) is 0 Å². The molecule has 3 heterocycles. The molecule has 1 aromatic rings. The zero-order valence-corrected chi connectivity index (χ0v) is 11.8. The average Bonchev–Trinajstić information content (AvgIpc) is 2.80. The Morgan fingerprint density at radius 3 is 2.80 bits per heavy atom. The van der Waals surface area contributed by atoms with Crippen LogP contribution in [0.15, 0.2) is 0 Å². The van der Waals surface area contributed by atoms with E-state index in [1.165, 1.54) is 4.68 Å². The molecule has 0 saturated carbocycles. The molecule has 7 nitrogen and oxygen atoms in total. The number of fused-ring (bicyclic) bond motifs is 1. The number of carbonyl (C=O) groups is 1. The Kier molecular flexibility index (Phi) is 3.27. The van der Waals surface area contributed by atoms with Crippen LogP contribution in [0, 0.1) is 0 Å². The van der Waals surface area contributed by atoms with Crippen molar-refractivity contribution in [2.75, 3.05) is 11.5 Å². The molecular weight excluding hydrogens is 282 g/mol. The van der Waals surface area contributed by atoms with Gasteiger partial charge in [-0.05, 0) is 25.7 Å². The molecule has 20 heavy (non-hydrogen) atoms. The first-order valence-corrected chi connectivity index (χ1v) is 8.67. The van der Waals surface area contributed by atoms with Crippen molar-refractivity contribution in [3.05, 3.63) is 11.6 Å². The van der Waals surface area contributed by atoms with Crippen molar-refractivity contribution in [2.24, 2.45) is 0 Å². The van der Waals surface area contributed by atoms with Gasteiger partial charge in [0.25, 0.3) is 0 Å². The molecule has 8 heteroatoms. The number of aromatic nitrogens is 3. The standard InChI is InChI=1S/C12H17N3O4S/c16-12(17)9-4-1-5-10-13-11(14-15(9)10)8-3-2-6-20(18,19)7-8/h8-9H,1-7H2,(H,16,17). The highest BCUT2D eigenvalue weighted by molar-refractivity contribution is 7.91. The van der Waals surface area contributed by atoms with Gasteiger partial charge in [-0.2, -0.15) is 5.10 Å². The number of carboxylic acid groups (broad SMARTS) is 1. The second-order valence-electron chi connectivity index (χ2n) is 5.53. The Morgan fingerprint density at radius 1 is 1.30 bits per heavy atom. The monoisotopic (exact) mass is 299 g/mol. The van der Waals surface area contributed by atoms with Crippen molar-refractivity contribution in [3.63, 3.8) is 0 Å². The number of sulfone groups is 1. The number of rotatable bonds is 2. The molecular formula is C12H17N3O4S. The topological polar surface area (TPSA) is 102 Å². The van der Waals surface area contributed by atoms with E-state index in [1.807, 2.05) is 0 Å². The van der Waals surface area contributed by atoms with Crippen molar-refractivity contribution in [3.8, 4) is 0 Å². The lowest BCUT2D eigenvalue weighted by atomic mass is 10.0. The summed E-state index contributed by atoms with van der Waals surface area (Å²) < 4.78 is 24.9. The van der Waals surface area contributed by atoms with Crippen LogP contribution in [0.3, 0.4) is 0 Å². The van der Waals surface area contributed by atoms with Gasteiger partial charge >= 0.3 is 5.97 Å². The molecule has 1 fully saturated rings. The molecule has 1 aromatic heterocycles. The predicted molar refractivity (Wildman–Crippen MR) is 70.3 cm³/mol. The van der Waals surface area contributed by atoms with Crippen LogP contribution in [0.5, 0.6) is 0 Å². The molecule has 2 aliphatic heterocycles. The molecule has 2 aliphatic rings. The van der Waals surface area contributed by atoms with Gasteiger partial charge in [0.1, 0.15) is 5.82 Å². The first-order valence-electron chi connectivity index (χ1n) is 6.85. The summed E-state index contributed by atoms with van der Waals surface area (Å²) in [6, 6.07) is -0.666. The van der Waals surface area contributed by atoms with E-state index >= 15 is 0 Å². The van der Waals surface area contributed by atoms with Gasteiger partial charge in [-0.1, -0.05) is 0 Å². The molecule has 0 bridgehead atoms. The van der Waals surface area contributed by atoms with Crippen LogP contribution in [0.1, 0.15) is 49.3 Å². The minimum atomic E-state index is -3.02. The Bertz CT molecular complexity index is 637. The lowest BCUT2D eigenvalue weighted by Crippen LogP contribution is -2.26. The van der Waals surface area contributed by atoms with E-state index in [-0.39, 0.29) is 17.4 Å². The van der Waals surface area contributed by atoms with Gasteiger partial charge in [0.15, 0.2) is 21.7 Å². The van der Waals surface area contributed by atoms with Crippen molar-refractivity contribution in [1.82, 2.24) is 14.8 Å². The molecule has 0 spiro atoms. The lowest BCUT2D eigenvalue weighted by molar-refractivity contribution is -0.141. The fraction of sp³-hybridized carbons (Fsp3) is 0.750. The highest BCUT2D eigenvalue weighted by atomic mass is 32.2. The van der Waals surface area contributed by atoms with E-state index < -0.39 is 21.8 Å². The van der Waals surface area contributed by atoms with Crippen LogP contribution in [0.2, 0.25) is 0 Å². The summed E-state index contributed by atoms with van der Waals surface area (Å²) in [5, 5.41) is 13.5. The third-order valence-corrected chi connectivity index (χ3v) is 5.83. The zero-order valence-electron chi connectivity index (χ0n) is 11.0. The van der Waals surface area contributed by atoms with Crippen molar-refractivity contribution in [1.29, 1.82) is 0 Å². The first kappa shape index (κ1) is 13.5. The quantitative estimate of drug-likeness (QED) is 0.854. The first-order chi connectivity index (χ1) is 9.46. The fourth-order valence-electron chi connectivity index (χ4n) is 3.00. The maximum absolute atomic E-state index is 11.7. The van der Waals surface area contributed by atoms with Crippen LogP contribution in [0.25, 0.3) is 0 Å². The number of hydrogen-bond acceptors (Lipinski definition) is 5. The second-order valence-corrected chi connectivity index (χ2v) is 7.76. The fourth-order valence-corrected chi connectivity index (χ4v) is 4.70. The van der Waals surface area contributed by atoms with Gasteiger partial charge in [0, 0.05) is 12.3 Å². The summed E-state index contributed by atoms with van der Waals surface area (Å²) in [5.74, 6) is 0.376. The highest BCUT2D eigenvalue weighted by Gasteiger charge is 2.33. The van der Waals surface area contributed by atoms with Gasteiger partial charge in [0.2, 0.25) is 0 Å². The second kappa shape index (κ2) is 4.83. The maximum atomic E-state index is 11.7. The van der Waals surface area contributed by atoms with E-state index in [1.54, 1.807) is 0 Å². The van der Waals surface area contributed by atoms with Crippen LogP contribution < -0.4 is 0 Å². The summed E-state index contributed by atoms with van der Waals surface area (Å²) in [7, 11) is -3.02. The van der Waals surface area contributed by atoms with Crippen LogP contribution in [0.4, 0.5) is 0 Å². The number of carboxylic acids is 1. The van der Waals surface area contributed by atoms with Crippen LogP contribution >= 0.6 is 0 Å². The number of nitrogens with zero attached hydrogens (tertiary/aromatic N) is 3. The van der Waals surface area contributed by atoms with Gasteiger partial charge in [0.05, 0.1) is 11.5 Å². The molecule has 0 amide bonds. The third-order valence-electron chi connectivity index (χ3n) is 4.00. The molecule has 1 N–H and O–H groups in total. The van der Waals surface area contributed by atoms with Crippen molar-refractivity contribution in [2.45, 2.75) is 44.1 Å². The SMILES string of the molecule is O=C(O)C1CCCc2nc(C3CCCS(=O)(=O)C3)nn21. The molecule has 2 atom stereocenters. The van der Waals surface area contributed by atoms with E-state index in [0.29, 0.717) is 30.9 Å². The largest absolute Gasteiger partial charge is 0.480 e. The minimum Gasteiger partial charge on any atom is -0.480 e. The number of aryl methyl sites for hydroxylation is 1. The summed E-state index contributed by atoms with van der Waals surface area (Å²) >= 11 is 0. The zero-order chi connectivity index (χ0) is 14.3. The van der Waals surface area contributed by atoms with E-state index in [9.17, 15) is 18.3 Å². The molecule has 110 valence electrons. The Balaban J connectivity index is 1.91. The van der Waals surface area contributed by atoms with Gasteiger partial charge < -0.3 is 5.11 Å². The van der Waals surface area contributed by atoms with Crippen LogP contribution in [-0.4, -0.2) is 45.8 Å². The normalized spacial score (nSPS) is 28.8. The maximum Gasteiger partial charge on any atom is 0.328 e. The predicted octanol–water partition coefficient (Wildman–Crippen LogP) is 0.532. The number of aliphatic carboxylic acids is 1. The number of hydrogen-bond donors (Lipinski definition) is 1. The van der Waals surface area contributed by atoms with Crippen LogP contribution in [-0.2, 0) is 21.1 Å². The molecule has 3 rings (SSSR count). The molecule has 0 radical (unpaired) electrons. The summed E-state index contributed by atoms with van der Waals surface area (Å²) in [6.45, 7) is 0. The smallest absolute Gasteiger partial charge is 0.328 e. The lowest BCUT2D eigenvalue weighted by Gasteiger charge is -2.20. The molecule has 0 aromatic carbocycles. The van der Waals surface area contributed by atoms with Gasteiger partial charge in [-0.3, -0.25) is 0 Å². The molecule has 1 saturated heterocycles. The van der Waals surface area contributed by atoms with E-state index in [2.05, 4.69) is 10.1 Å². The summed E-state index contributed by atoms with van der Waals surface area (Å²) in [6.07, 6.45) is 3.40. The molecule has 2 unspecified atom stereocenters. The van der Waals surface area contributed by atoms with Crippen molar-refractivity contribution >= 4 is 15.8 Å². The molecule has 0 aliphatic carbocycles. The highest BCUT2D eigenvalue weighted by Crippen LogP contribution is 2.29. The van der Waals surface area contributed by atoms with E-state index in [4.69, 9.17) is 0 Å². The van der Waals surface area contributed by atoms with Gasteiger partial charge in [-0.25, -0.2) is 22.9 Å². The Morgan fingerprint density at radius 2 is 2.10 bits per heavy atom. The Labute approximate surface area is 116 Å². The summed E-state index contributed by atoms with van der Waals surface area (Å²) in [5.41, 5.74) is 0. The van der Waals surface area contributed by atoms with E-state index in [0.717, 1.165) is 12.8 Å². The Hall–Kier alpha value is -1.44. The summed E-state index contributed by atoms with van der Waals surface area (Å²) in [4.78, 5) is 15.6. The van der Waals surface area contributed by atoms with Crippen molar-refractivity contribution < 1.29 is 18.3 Å². The minimum absolute atomic E-state index is 0.0776. The average molecular weight is 299 g/mol.